The number of carbonyl (C=O) groups excluding carboxylic acids is 2. The molecule has 0 fully saturated rings. The zero-order valence-electron chi connectivity index (χ0n) is 25.8. The van der Waals surface area contributed by atoms with Gasteiger partial charge in [0.1, 0.15) is 0 Å². The molecule has 47 heavy (non-hydrogen) atoms. The van der Waals surface area contributed by atoms with Crippen LogP contribution >= 0.6 is 0 Å². The first kappa shape index (κ1) is 31.8. The van der Waals surface area contributed by atoms with E-state index in [9.17, 15) is 27.9 Å². The minimum atomic E-state index is -4.44. The van der Waals surface area contributed by atoms with Crippen molar-refractivity contribution >= 4 is 22.8 Å². The van der Waals surface area contributed by atoms with Crippen molar-refractivity contribution in [2.24, 2.45) is 0 Å². The number of hydrogen-bond donors (Lipinski definition) is 2. The van der Waals surface area contributed by atoms with E-state index in [1.54, 1.807) is 48.3 Å². The van der Waals surface area contributed by atoms with Crippen LogP contribution < -0.4 is 5.32 Å². The molecule has 12 heteroatoms. The lowest BCUT2D eigenvalue weighted by Gasteiger charge is -2.16. The Balaban J connectivity index is 1.35. The van der Waals surface area contributed by atoms with Crippen LogP contribution in [0.25, 0.3) is 22.0 Å². The van der Waals surface area contributed by atoms with Gasteiger partial charge in [0.25, 0.3) is 5.91 Å². The number of aromatic hydroxyl groups is 1. The van der Waals surface area contributed by atoms with Crippen molar-refractivity contribution in [3.8, 4) is 17.0 Å². The number of nitrogens with one attached hydrogen (secondary N) is 1. The Morgan fingerprint density at radius 1 is 1.06 bits per heavy atom. The summed E-state index contributed by atoms with van der Waals surface area (Å²) in [5.74, 6) is -0.852. The molecule has 2 aromatic carbocycles. The Hall–Kier alpha value is -5.13. The summed E-state index contributed by atoms with van der Waals surface area (Å²) in [6, 6.07) is 11.7. The van der Waals surface area contributed by atoms with E-state index in [-0.39, 0.29) is 30.4 Å². The number of nitrogens with zero attached hydrogens (tertiary/aromatic N) is 4. The van der Waals surface area contributed by atoms with Crippen molar-refractivity contribution in [2.75, 3.05) is 13.2 Å². The number of amides is 1. The summed E-state index contributed by atoms with van der Waals surface area (Å²) in [6.45, 7) is 3.60. The summed E-state index contributed by atoms with van der Waals surface area (Å²) in [5.41, 5.74) is 3.43. The largest absolute Gasteiger partial charge is 0.494 e. The van der Waals surface area contributed by atoms with Gasteiger partial charge in [0.15, 0.2) is 0 Å². The highest BCUT2D eigenvalue weighted by atomic mass is 19.4. The number of carbonyl (C=O) groups is 2. The topological polar surface area (TPSA) is 111 Å². The third-order valence-corrected chi connectivity index (χ3v) is 8.43. The van der Waals surface area contributed by atoms with Crippen molar-refractivity contribution in [1.29, 1.82) is 0 Å². The van der Waals surface area contributed by atoms with Gasteiger partial charge in [0, 0.05) is 48.8 Å². The molecule has 0 bridgehead atoms. The molecule has 2 N–H and O–H groups in total. The maximum Gasteiger partial charge on any atom is 0.416 e. The molecule has 0 aliphatic carbocycles. The zero-order chi connectivity index (χ0) is 33.1. The van der Waals surface area contributed by atoms with Crippen LogP contribution in [0.2, 0.25) is 0 Å². The molecule has 0 unspecified atom stereocenters. The van der Waals surface area contributed by atoms with Crippen molar-refractivity contribution in [3.63, 3.8) is 0 Å². The van der Waals surface area contributed by atoms with Crippen molar-refractivity contribution in [2.45, 2.75) is 58.3 Å². The van der Waals surface area contributed by atoms with Crippen molar-refractivity contribution in [3.05, 3.63) is 101 Å². The average molecular weight is 646 g/mol. The number of benzene rings is 2. The number of pyridine rings is 1. The number of esters is 1. The SMILES string of the molecule is CCOC(=O)c1c(CCc2ccc(C(F)(F)F)cc2)nc2c3n(c(O)c2c1-c1ccc(C(=O)NCCCn2ccnc2)cc1)CCC3. The molecule has 0 atom stereocenters. The summed E-state index contributed by atoms with van der Waals surface area (Å²) >= 11 is 0. The lowest BCUT2D eigenvalue weighted by atomic mass is 9.92. The molecule has 4 heterocycles. The maximum atomic E-state index is 13.6. The predicted molar refractivity (Wildman–Crippen MR) is 169 cm³/mol. The number of imidazole rings is 1. The Morgan fingerprint density at radius 3 is 2.51 bits per heavy atom. The van der Waals surface area contributed by atoms with Crippen LogP contribution in [-0.4, -0.2) is 49.2 Å². The van der Waals surface area contributed by atoms with Gasteiger partial charge >= 0.3 is 12.1 Å². The van der Waals surface area contributed by atoms with Gasteiger partial charge in [-0.3, -0.25) is 4.79 Å². The summed E-state index contributed by atoms with van der Waals surface area (Å²) in [6.07, 6.45) is 3.67. The van der Waals surface area contributed by atoms with E-state index in [4.69, 9.17) is 9.72 Å². The number of aromatic nitrogens is 4. The van der Waals surface area contributed by atoms with Crippen LogP contribution in [0, 0.1) is 0 Å². The van der Waals surface area contributed by atoms with Gasteiger partial charge in [-0.2, -0.15) is 13.2 Å². The second-order valence-corrected chi connectivity index (χ2v) is 11.5. The minimum Gasteiger partial charge on any atom is -0.494 e. The highest BCUT2D eigenvalue weighted by molar-refractivity contribution is 6.11. The number of hydrogen-bond acceptors (Lipinski definition) is 6. The van der Waals surface area contributed by atoms with Gasteiger partial charge in [0.05, 0.1) is 40.7 Å². The van der Waals surface area contributed by atoms with Gasteiger partial charge in [-0.1, -0.05) is 24.3 Å². The molecule has 3 aromatic heterocycles. The monoisotopic (exact) mass is 645 g/mol. The Bertz CT molecular complexity index is 1900. The minimum absolute atomic E-state index is 0.00884. The molecule has 0 saturated heterocycles. The van der Waals surface area contributed by atoms with Crippen LogP contribution in [0.5, 0.6) is 5.88 Å². The molecule has 5 aromatic rings. The molecule has 0 radical (unpaired) electrons. The van der Waals surface area contributed by atoms with Gasteiger partial charge in [0.2, 0.25) is 5.88 Å². The van der Waals surface area contributed by atoms with Gasteiger partial charge in [-0.05, 0) is 74.4 Å². The first-order valence-corrected chi connectivity index (χ1v) is 15.6. The van der Waals surface area contributed by atoms with Gasteiger partial charge < -0.3 is 24.3 Å². The number of halogens is 3. The van der Waals surface area contributed by atoms with Crippen LogP contribution in [0.15, 0.2) is 67.3 Å². The summed E-state index contributed by atoms with van der Waals surface area (Å²) < 4.78 is 48.6. The van der Waals surface area contributed by atoms with Crippen LogP contribution in [0.3, 0.4) is 0 Å². The second-order valence-electron chi connectivity index (χ2n) is 11.5. The van der Waals surface area contributed by atoms with Crippen LogP contribution in [-0.2, 0) is 43.3 Å². The lowest BCUT2D eigenvalue weighted by molar-refractivity contribution is -0.137. The predicted octanol–water partition coefficient (Wildman–Crippen LogP) is 6.35. The van der Waals surface area contributed by atoms with E-state index in [0.29, 0.717) is 64.8 Å². The van der Waals surface area contributed by atoms with Crippen molar-refractivity contribution < 1.29 is 32.6 Å². The molecular weight excluding hydrogens is 611 g/mol. The van der Waals surface area contributed by atoms with E-state index >= 15 is 0 Å². The van der Waals surface area contributed by atoms with Crippen molar-refractivity contribution in [1.82, 2.24) is 24.4 Å². The smallest absolute Gasteiger partial charge is 0.416 e. The number of aryl methyl sites for hydroxylation is 4. The van der Waals surface area contributed by atoms with E-state index in [2.05, 4.69) is 10.3 Å². The first-order valence-electron chi connectivity index (χ1n) is 15.6. The Morgan fingerprint density at radius 2 is 1.83 bits per heavy atom. The second kappa shape index (κ2) is 13.3. The molecule has 0 saturated carbocycles. The number of alkyl halides is 3. The molecule has 244 valence electrons. The first-order chi connectivity index (χ1) is 22.7. The third-order valence-electron chi connectivity index (χ3n) is 8.43. The van der Waals surface area contributed by atoms with E-state index in [1.165, 1.54) is 12.1 Å². The fraction of sp³-hybridized carbons (Fsp3) is 0.314. The maximum absolute atomic E-state index is 13.6. The Kier molecular flexibility index (Phi) is 9.01. The molecule has 0 spiro atoms. The molecule has 9 nitrogen and oxygen atoms in total. The lowest BCUT2D eigenvalue weighted by Crippen LogP contribution is -2.25. The summed E-state index contributed by atoms with van der Waals surface area (Å²) in [4.78, 5) is 35.4. The number of rotatable bonds is 11. The summed E-state index contributed by atoms with van der Waals surface area (Å²) in [7, 11) is 0. The fourth-order valence-corrected chi connectivity index (χ4v) is 6.14. The van der Waals surface area contributed by atoms with E-state index < -0.39 is 17.7 Å². The highest BCUT2D eigenvalue weighted by Crippen LogP contribution is 2.44. The average Bonchev–Trinajstić information content (AvgIpc) is 3.82. The number of ether oxygens (including phenoxy) is 1. The molecule has 1 aliphatic rings. The quantitative estimate of drug-likeness (QED) is 0.128. The third kappa shape index (κ3) is 6.58. The van der Waals surface area contributed by atoms with E-state index in [0.717, 1.165) is 37.2 Å². The zero-order valence-corrected chi connectivity index (χ0v) is 25.8. The molecule has 6 rings (SSSR count). The summed E-state index contributed by atoms with van der Waals surface area (Å²) in [5, 5.41) is 14.8. The number of fused-ring (bicyclic) bond motifs is 3. The van der Waals surface area contributed by atoms with Crippen LogP contribution in [0.1, 0.15) is 63.0 Å². The molecular formula is C35H34F3N5O4. The normalized spacial score (nSPS) is 12.8. The standard InChI is InChI=1S/C35H34F3N5O4/c1-2-47-34(46)29-26(15-8-22-6-13-25(14-7-22)35(36,37)38)41-31-27-5-3-19-43(27)33(45)30(31)28(29)23-9-11-24(12-10-23)32(44)40-16-4-18-42-20-17-39-21-42/h6-7,9-14,17,20-21,45H,2-5,8,15-16,18-19H2,1H3,(H,40,44). The van der Waals surface area contributed by atoms with Gasteiger partial charge in [-0.15, -0.1) is 0 Å². The van der Waals surface area contributed by atoms with E-state index in [1.807, 2.05) is 10.8 Å². The fourth-order valence-electron chi connectivity index (χ4n) is 6.14. The van der Waals surface area contributed by atoms with Gasteiger partial charge in [-0.25, -0.2) is 14.8 Å². The van der Waals surface area contributed by atoms with Crippen LogP contribution in [0.4, 0.5) is 13.2 Å². The molecule has 1 amide bonds. The Labute approximate surface area is 269 Å². The molecule has 1 aliphatic heterocycles. The highest BCUT2D eigenvalue weighted by Gasteiger charge is 2.32.